The number of hydrogen-bond donors (Lipinski definition) is 2. The van der Waals surface area contributed by atoms with Gasteiger partial charge in [-0.2, -0.15) is 0 Å². The zero-order valence-electron chi connectivity index (χ0n) is 14.4. The molecule has 0 fully saturated rings. The van der Waals surface area contributed by atoms with Crippen molar-refractivity contribution in [2.75, 3.05) is 13.2 Å². The van der Waals surface area contributed by atoms with E-state index >= 15 is 0 Å². The van der Waals surface area contributed by atoms with E-state index in [2.05, 4.69) is 19.2 Å². The number of benzene rings is 1. The Labute approximate surface area is 133 Å². The van der Waals surface area contributed by atoms with Gasteiger partial charge < -0.3 is 15.2 Å². The number of rotatable bonds is 9. The molecular formula is C18H29NO3. The minimum absolute atomic E-state index is 0.0532. The maximum Gasteiger partial charge on any atom is 0.159 e. The number of Topliss-reactive ketones (excluding diaryl/α,β-unsaturated/α-hetero) is 1. The van der Waals surface area contributed by atoms with Gasteiger partial charge in [-0.15, -0.1) is 0 Å². The molecule has 0 aliphatic carbocycles. The Hall–Kier alpha value is -1.39. The third-order valence-electron chi connectivity index (χ3n) is 3.69. The first kappa shape index (κ1) is 18.7. The normalized spacial score (nSPS) is 13.0. The third kappa shape index (κ3) is 5.78. The third-order valence-corrected chi connectivity index (χ3v) is 3.69. The number of aliphatic hydroxyl groups is 1. The van der Waals surface area contributed by atoms with Crippen molar-refractivity contribution in [3.63, 3.8) is 0 Å². The van der Waals surface area contributed by atoms with Gasteiger partial charge in [-0.1, -0.05) is 6.92 Å². The molecule has 0 aliphatic heterocycles. The van der Waals surface area contributed by atoms with Gasteiger partial charge >= 0.3 is 0 Å². The van der Waals surface area contributed by atoms with Crippen molar-refractivity contribution in [2.45, 2.75) is 53.1 Å². The van der Waals surface area contributed by atoms with Crippen molar-refractivity contribution in [1.29, 1.82) is 0 Å². The second kappa shape index (κ2) is 8.30. The molecule has 0 spiro atoms. The summed E-state index contributed by atoms with van der Waals surface area (Å²) in [6.07, 6.45) is 0.875. The summed E-state index contributed by atoms with van der Waals surface area (Å²) in [5.74, 6) is 1.11. The summed E-state index contributed by atoms with van der Waals surface area (Å²) in [6, 6.07) is 5.56. The molecule has 1 aromatic carbocycles. The van der Waals surface area contributed by atoms with Crippen LogP contribution in [0.1, 0.15) is 57.0 Å². The summed E-state index contributed by atoms with van der Waals surface area (Å²) in [5.41, 5.74) is 1.58. The summed E-state index contributed by atoms with van der Waals surface area (Å²) in [5, 5.41) is 12.7. The highest BCUT2D eigenvalue weighted by molar-refractivity contribution is 5.94. The van der Waals surface area contributed by atoms with Crippen LogP contribution in [-0.2, 0) is 6.54 Å². The first-order chi connectivity index (χ1) is 10.3. The van der Waals surface area contributed by atoms with Crippen LogP contribution < -0.4 is 10.1 Å². The van der Waals surface area contributed by atoms with Crippen molar-refractivity contribution < 1.29 is 14.6 Å². The molecule has 0 heterocycles. The molecule has 0 amide bonds. The van der Waals surface area contributed by atoms with E-state index in [1.165, 1.54) is 0 Å². The standard InChI is InChI=1S/C18H29NO3/c1-6-22-17-8-7-15(14(3)21)9-16(17)11-19-18(4,5)10-13(2)12-20/h7-9,13,19-20H,6,10-12H2,1-5H3/t13-/m1/s1. The number of ether oxygens (including phenoxy) is 1. The molecule has 2 N–H and O–H groups in total. The predicted molar refractivity (Wildman–Crippen MR) is 89.4 cm³/mol. The van der Waals surface area contributed by atoms with E-state index in [9.17, 15) is 9.90 Å². The molecular weight excluding hydrogens is 278 g/mol. The van der Waals surface area contributed by atoms with Gasteiger partial charge in [0.05, 0.1) is 6.61 Å². The lowest BCUT2D eigenvalue weighted by Gasteiger charge is -2.29. The number of aliphatic hydroxyl groups excluding tert-OH is 1. The van der Waals surface area contributed by atoms with Gasteiger partial charge in [0.15, 0.2) is 5.78 Å². The molecule has 0 unspecified atom stereocenters. The summed E-state index contributed by atoms with van der Waals surface area (Å²) >= 11 is 0. The molecule has 4 nitrogen and oxygen atoms in total. The second-order valence-corrected chi connectivity index (χ2v) is 6.54. The van der Waals surface area contributed by atoms with E-state index in [0.29, 0.717) is 18.7 Å². The monoisotopic (exact) mass is 307 g/mol. The largest absolute Gasteiger partial charge is 0.494 e. The topological polar surface area (TPSA) is 58.6 Å². The zero-order valence-corrected chi connectivity index (χ0v) is 14.4. The lowest BCUT2D eigenvalue weighted by molar-refractivity contribution is 0.101. The van der Waals surface area contributed by atoms with E-state index in [-0.39, 0.29) is 23.8 Å². The van der Waals surface area contributed by atoms with Crippen molar-refractivity contribution in [3.8, 4) is 5.75 Å². The molecule has 22 heavy (non-hydrogen) atoms. The average molecular weight is 307 g/mol. The maximum absolute atomic E-state index is 11.6. The Bertz CT molecular complexity index is 497. The minimum atomic E-state index is -0.0993. The average Bonchev–Trinajstić information content (AvgIpc) is 2.45. The van der Waals surface area contributed by atoms with Crippen LogP contribution in [0.5, 0.6) is 5.75 Å². The van der Waals surface area contributed by atoms with Gasteiger partial charge in [0.1, 0.15) is 5.75 Å². The number of carbonyl (C=O) groups excluding carboxylic acids is 1. The fourth-order valence-corrected chi connectivity index (χ4v) is 2.58. The van der Waals surface area contributed by atoms with E-state index in [1.54, 1.807) is 13.0 Å². The molecule has 1 aromatic rings. The highest BCUT2D eigenvalue weighted by Gasteiger charge is 2.21. The van der Waals surface area contributed by atoms with Crippen molar-refractivity contribution in [2.24, 2.45) is 5.92 Å². The number of hydrogen-bond acceptors (Lipinski definition) is 4. The lowest BCUT2D eigenvalue weighted by atomic mass is 9.91. The quantitative estimate of drug-likeness (QED) is 0.688. The summed E-state index contributed by atoms with van der Waals surface area (Å²) in [4.78, 5) is 11.6. The number of nitrogens with one attached hydrogen (secondary N) is 1. The Kier molecular flexibility index (Phi) is 7.04. The number of carbonyl (C=O) groups is 1. The van der Waals surface area contributed by atoms with Crippen LogP contribution in [0.15, 0.2) is 18.2 Å². The van der Waals surface area contributed by atoms with Crippen LogP contribution in [-0.4, -0.2) is 29.6 Å². The number of ketones is 1. The summed E-state index contributed by atoms with van der Waals surface area (Å²) < 4.78 is 5.65. The Morgan fingerprint density at radius 2 is 2.09 bits per heavy atom. The summed E-state index contributed by atoms with van der Waals surface area (Å²) in [7, 11) is 0. The molecule has 0 aliphatic rings. The maximum atomic E-state index is 11.6. The molecule has 0 saturated heterocycles. The van der Waals surface area contributed by atoms with Crippen LogP contribution in [0.25, 0.3) is 0 Å². The van der Waals surface area contributed by atoms with Crippen molar-refractivity contribution in [1.82, 2.24) is 5.32 Å². The van der Waals surface area contributed by atoms with Crippen LogP contribution >= 0.6 is 0 Å². The van der Waals surface area contributed by atoms with Crippen LogP contribution in [0.4, 0.5) is 0 Å². The predicted octanol–water partition coefficient (Wildman–Crippen LogP) is 3.17. The minimum Gasteiger partial charge on any atom is -0.494 e. The fourth-order valence-electron chi connectivity index (χ4n) is 2.58. The van der Waals surface area contributed by atoms with Gasteiger partial charge in [-0.3, -0.25) is 4.79 Å². The summed E-state index contributed by atoms with van der Waals surface area (Å²) in [6.45, 7) is 11.2. The molecule has 1 rings (SSSR count). The Morgan fingerprint density at radius 3 is 2.64 bits per heavy atom. The Morgan fingerprint density at radius 1 is 1.41 bits per heavy atom. The van der Waals surface area contributed by atoms with E-state index < -0.39 is 0 Å². The molecule has 4 heteroatoms. The highest BCUT2D eigenvalue weighted by Crippen LogP contribution is 2.23. The molecule has 0 radical (unpaired) electrons. The SMILES string of the molecule is CCOc1ccc(C(C)=O)cc1CNC(C)(C)C[C@@H](C)CO. The molecule has 0 aromatic heterocycles. The van der Waals surface area contributed by atoms with Gasteiger partial charge in [-0.25, -0.2) is 0 Å². The van der Waals surface area contributed by atoms with Gasteiger partial charge in [0.25, 0.3) is 0 Å². The smallest absolute Gasteiger partial charge is 0.159 e. The van der Waals surface area contributed by atoms with Crippen LogP contribution in [0, 0.1) is 5.92 Å². The van der Waals surface area contributed by atoms with Crippen molar-refractivity contribution in [3.05, 3.63) is 29.3 Å². The molecule has 0 saturated carbocycles. The van der Waals surface area contributed by atoms with Gasteiger partial charge in [-0.05, 0) is 58.2 Å². The highest BCUT2D eigenvalue weighted by atomic mass is 16.5. The zero-order chi connectivity index (χ0) is 16.8. The lowest BCUT2D eigenvalue weighted by Crippen LogP contribution is -2.40. The van der Waals surface area contributed by atoms with Crippen LogP contribution in [0.2, 0.25) is 0 Å². The van der Waals surface area contributed by atoms with Gasteiger partial charge in [0.2, 0.25) is 0 Å². The van der Waals surface area contributed by atoms with E-state index in [4.69, 9.17) is 4.74 Å². The second-order valence-electron chi connectivity index (χ2n) is 6.54. The van der Waals surface area contributed by atoms with Gasteiger partial charge in [0, 0.05) is 29.8 Å². The molecule has 124 valence electrons. The first-order valence-electron chi connectivity index (χ1n) is 7.91. The fraction of sp³-hybridized carbons (Fsp3) is 0.611. The molecule has 1 atom stereocenters. The van der Waals surface area contributed by atoms with Crippen LogP contribution in [0.3, 0.4) is 0 Å². The Balaban J connectivity index is 2.85. The van der Waals surface area contributed by atoms with E-state index in [1.807, 2.05) is 26.0 Å². The van der Waals surface area contributed by atoms with E-state index in [0.717, 1.165) is 17.7 Å². The first-order valence-corrected chi connectivity index (χ1v) is 7.91. The molecule has 0 bridgehead atoms. The van der Waals surface area contributed by atoms with Crippen molar-refractivity contribution >= 4 is 5.78 Å².